The third-order valence-electron chi connectivity index (χ3n) is 1.71. The van der Waals surface area contributed by atoms with Crippen LogP contribution in [0.2, 0.25) is 0 Å². The molecule has 1 unspecified atom stereocenters. The fourth-order valence-electron chi connectivity index (χ4n) is 1.03. The van der Waals surface area contributed by atoms with Gasteiger partial charge in [-0.05, 0) is 19.4 Å². The van der Waals surface area contributed by atoms with E-state index in [1.54, 1.807) is 0 Å². The molecule has 0 aromatic rings. The van der Waals surface area contributed by atoms with Gasteiger partial charge in [0.2, 0.25) is 0 Å². The highest BCUT2D eigenvalue weighted by Gasteiger charge is 2.07. The van der Waals surface area contributed by atoms with Gasteiger partial charge in [-0.15, -0.1) is 7.05 Å². The smallest absolute Gasteiger partial charge is 0.0736 e. The number of allylic oxidation sites excluding steroid dienone is 1. The molecule has 1 aliphatic rings. The van der Waals surface area contributed by atoms with Crippen LogP contribution < -0.4 is 4.90 Å². The van der Waals surface area contributed by atoms with Crippen molar-refractivity contribution < 1.29 is 4.90 Å². The van der Waals surface area contributed by atoms with Crippen molar-refractivity contribution in [2.45, 2.75) is 19.3 Å². The van der Waals surface area contributed by atoms with Crippen LogP contribution in [0.1, 0.15) is 19.3 Å². The molecule has 0 spiro atoms. The lowest BCUT2D eigenvalue weighted by Gasteiger charge is -2.26. The first-order chi connectivity index (χ1) is 3.80. The second-order valence-electron chi connectivity index (χ2n) is 2.41. The number of likely N-dealkylation sites (tertiary alicyclic amines) is 1. The molecule has 0 aromatic heterocycles. The van der Waals surface area contributed by atoms with E-state index in [4.69, 9.17) is 0 Å². The summed E-state index contributed by atoms with van der Waals surface area (Å²) in [5.41, 5.74) is 1.27. The first kappa shape index (κ1) is 5.83. The molecule has 1 fully saturated rings. The van der Waals surface area contributed by atoms with Crippen molar-refractivity contribution in [1.82, 2.24) is 0 Å². The predicted octanol–water partition coefficient (Wildman–Crippen LogP) is 0.360. The molecule has 1 N–H and O–H groups in total. The Bertz CT molecular complexity index is 96.6. The molecule has 1 saturated heterocycles. The third kappa shape index (κ3) is 1.10. The summed E-state index contributed by atoms with van der Waals surface area (Å²) < 4.78 is 0. The highest BCUT2D eigenvalue weighted by atomic mass is 15.1. The first-order valence-electron chi connectivity index (χ1n) is 3.16. The molecule has 0 radical (unpaired) electrons. The van der Waals surface area contributed by atoms with Gasteiger partial charge in [0.25, 0.3) is 0 Å². The number of hydrogen-bond donors (Lipinski definition) is 1. The maximum absolute atomic E-state index is 3.90. The van der Waals surface area contributed by atoms with E-state index in [2.05, 4.69) is 13.6 Å². The Morgan fingerprint density at radius 2 is 2.25 bits per heavy atom. The van der Waals surface area contributed by atoms with Gasteiger partial charge in [0.05, 0.1) is 12.2 Å². The average molecular weight is 111 g/mol. The van der Waals surface area contributed by atoms with E-state index in [0.717, 1.165) is 0 Å². The lowest BCUT2D eigenvalue weighted by molar-refractivity contribution is -0.818. The lowest BCUT2D eigenvalue weighted by Crippen LogP contribution is -3.05. The van der Waals surface area contributed by atoms with E-state index in [9.17, 15) is 0 Å². The number of rotatable bonds is 0. The van der Waals surface area contributed by atoms with Crippen molar-refractivity contribution in [3.8, 4) is 0 Å². The van der Waals surface area contributed by atoms with Gasteiger partial charge in [-0.25, -0.2) is 0 Å². The number of hydrogen-bond acceptors (Lipinski definition) is 0. The van der Waals surface area contributed by atoms with Crippen LogP contribution in [0.15, 0.2) is 12.3 Å². The summed E-state index contributed by atoms with van der Waals surface area (Å²) in [4.78, 5) is 1.27. The summed E-state index contributed by atoms with van der Waals surface area (Å²) in [6.07, 6.45) is 3.81. The summed E-state index contributed by atoms with van der Waals surface area (Å²) in [7, 11) is 3.90. The molecule has 0 bridgehead atoms. The normalized spacial score (nSPS) is 30.6. The van der Waals surface area contributed by atoms with Crippen LogP contribution >= 0.6 is 0 Å². The van der Waals surface area contributed by atoms with Crippen LogP contribution in [-0.2, 0) is 0 Å². The van der Waals surface area contributed by atoms with Gasteiger partial charge in [-0.2, -0.15) is 0 Å². The molecule has 1 heterocycles. The van der Waals surface area contributed by atoms with Crippen molar-refractivity contribution in [2.24, 2.45) is 0 Å². The van der Waals surface area contributed by atoms with Crippen molar-refractivity contribution >= 4 is 0 Å². The lowest BCUT2D eigenvalue weighted by atomic mass is 10.1. The first-order valence-corrected chi connectivity index (χ1v) is 3.16. The predicted molar refractivity (Wildman–Crippen MR) is 34.2 cm³/mol. The van der Waals surface area contributed by atoms with Gasteiger partial charge in [-0.1, -0.05) is 0 Å². The van der Waals surface area contributed by atoms with Gasteiger partial charge in [-0.3, -0.25) is 0 Å². The van der Waals surface area contributed by atoms with Crippen molar-refractivity contribution in [2.75, 3.05) is 6.54 Å². The molecule has 1 aliphatic heterocycles. The Balaban J connectivity index is 2.39. The highest BCUT2D eigenvalue weighted by molar-refractivity contribution is 4.81. The van der Waals surface area contributed by atoms with Crippen molar-refractivity contribution in [1.29, 1.82) is 0 Å². The van der Waals surface area contributed by atoms with Gasteiger partial charge < -0.3 is 4.90 Å². The molecular formula is C7H13N. The molecule has 0 amide bonds. The Morgan fingerprint density at radius 1 is 1.50 bits per heavy atom. The maximum Gasteiger partial charge on any atom is 0.0736 e. The Hall–Kier alpha value is -0.300. The van der Waals surface area contributed by atoms with Crippen molar-refractivity contribution in [3.05, 3.63) is 19.3 Å². The van der Waals surface area contributed by atoms with E-state index in [-0.39, 0.29) is 0 Å². The molecule has 0 saturated carbocycles. The average Bonchev–Trinajstić information content (AvgIpc) is 1.77. The molecule has 8 heavy (non-hydrogen) atoms. The monoisotopic (exact) mass is 111 g/mol. The Kier molecular flexibility index (Phi) is 1.69. The van der Waals surface area contributed by atoms with Crippen LogP contribution in [0.25, 0.3) is 0 Å². The molecule has 1 heteroatoms. The quantitative estimate of drug-likeness (QED) is 0.430. The van der Waals surface area contributed by atoms with Crippen LogP contribution in [0.3, 0.4) is 0 Å². The van der Waals surface area contributed by atoms with E-state index in [1.165, 1.54) is 36.4 Å². The number of nitrogens with one attached hydrogen (secondary N) is 1. The topological polar surface area (TPSA) is 4.44 Å². The Labute approximate surface area is 51.0 Å². The third-order valence-corrected chi connectivity index (χ3v) is 1.71. The standard InChI is InChI=1S/C7H13N/c1-7-5-3-4-6-8(7)2/h8H,1-6H2. The van der Waals surface area contributed by atoms with E-state index >= 15 is 0 Å². The molecule has 0 aliphatic carbocycles. The SMILES string of the molecule is C=C1CCCC[NH+]1[CH2-]. The minimum absolute atomic E-state index is 1.18. The fraction of sp³-hybridized carbons (Fsp3) is 0.571. The summed E-state index contributed by atoms with van der Waals surface area (Å²) in [5, 5.41) is 0. The molecule has 46 valence electrons. The van der Waals surface area contributed by atoms with Gasteiger partial charge in [0.15, 0.2) is 0 Å². The largest absolute Gasteiger partial charge is 0.439 e. The molecule has 0 aromatic carbocycles. The molecule has 1 atom stereocenters. The molecule has 1 rings (SSSR count). The van der Waals surface area contributed by atoms with Crippen molar-refractivity contribution in [3.63, 3.8) is 0 Å². The van der Waals surface area contributed by atoms with Gasteiger partial charge in [0, 0.05) is 6.42 Å². The van der Waals surface area contributed by atoms with Crippen LogP contribution in [0.5, 0.6) is 0 Å². The van der Waals surface area contributed by atoms with E-state index in [0.29, 0.717) is 0 Å². The zero-order chi connectivity index (χ0) is 5.98. The van der Waals surface area contributed by atoms with E-state index in [1.807, 2.05) is 0 Å². The zero-order valence-corrected chi connectivity index (χ0v) is 5.24. The highest BCUT2D eigenvalue weighted by Crippen LogP contribution is 2.02. The number of piperidine rings is 1. The molecular weight excluding hydrogens is 98.1 g/mol. The summed E-state index contributed by atoms with van der Waals surface area (Å²) in [6, 6.07) is 0. The second-order valence-corrected chi connectivity index (χ2v) is 2.41. The minimum Gasteiger partial charge on any atom is -0.439 e. The number of quaternary nitrogens is 1. The van der Waals surface area contributed by atoms with E-state index < -0.39 is 0 Å². The van der Waals surface area contributed by atoms with Crippen LogP contribution in [-0.4, -0.2) is 6.54 Å². The summed E-state index contributed by atoms with van der Waals surface area (Å²) >= 11 is 0. The summed E-state index contributed by atoms with van der Waals surface area (Å²) in [6.45, 7) is 5.08. The van der Waals surface area contributed by atoms with Gasteiger partial charge >= 0.3 is 0 Å². The summed E-state index contributed by atoms with van der Waals surface area (Å²) in [5.74, 6) is 0. The zero-order valence-electron chi connectivity index (χ0n) is 5.24. The fourth-order valence-corrected chi connectivity index (χ4v) is 1.03. The van der Waals surface area contributed by atoms with Gasteiger partial charge in [0.1, 0.15) is 0 Å². The Morgan fingerprint density at radius 3 is 2.62 bits per heavy atom. The maximum atomic E-state index is 3.90. The van der Waals surface area contributed by atoms with Crippen LogP contribution in [0, 0.1) is 7.05 Å². The molecule has 1 nitrogen and oxygen atoms in total. The minimum atomic E-state index is 1.18. The van der Waals surface area contributed by atoms with Crippen LogP contribution in [0.4, 0.5) is 0 Å². The second kappa shape index (κ2) is 2.31.